The molecule has 1 unspecified atom stereocenters. The largest absolute Gasteiger partial charge is 0.489 e. The molecule has 1 rings (SSSR count). The van der Waals surface area contributed by atoms with Crippen molar-refractivity contribution in [2.24, 2.45) is 0 Å². The Kier molecular flexibility index (Phi) is 6.75. The first-order valence-corrected chi connectivity index (χ1v) is 6.31. The van der Waals surface area contributed by atoms with Crippen LogP contribution in [0, 0.1) is 0 Å². The minimum absolute atomic E-state index is 0.0361. The molecule has 0 fully saturated rings. The average Bonchev–Trinajstić information content (AvgIpc) is 2.34. The fourth-order valence-corrected chi connectivity index (χ4v) is 1.96. The van der Waals surface area contributed by atoms with E-state index in [9.17, 15) is 10.2 Å². The van der Waals surface area contributed by atoms with Gasteiger partial charge in [-0.2, -0.15) is 0 Å². The smallest absolute Gasteiger partial charge is 0.143 e. The van der Waals surface area contributed by atoms with Crippen LogP contribution >= 0.6 is 23.2 Å². The van der Waals surface area contributed by atoms with Gasteiger partial charge in [0, 0.05) is 17.2 Å². The van der Waals surface area contributed by atoms with Crippen molar-refractivity contribution in [3.05, 3.63) is 27.7 Å². The van der Waals surface area contributed by atoms with Crippen LogP contribution in [-0.2, 0) is 11.3 Å². The van der Waals surface area contributed by atoms with Crippen LogP contribution in [0.2, 0.25) is 10.0 Å². The first kappa shape index (κ1) is 15.5. The summed E-state index contributed by atoms with van der Waals surface area (Å²) in [5.41, 5.74) is 0.483. The zero-order valence-electron chi connectivity index (χ0n) is 10.0. The SMILES string of the molecule is CCOCC(O)COc1c(Cl)cc(Cl)cc1CO. The molecule has 0 spiro atoms. The summed E-state index contributed by atoms with van der Waals surface area (Å²) < 4.78 is 10.4. The third kappa shape index (κ3) is 4.63. The third-order valence-corrected chi connectivity index (χ3v) is 2.69. The lowest BCUT2D eigenvalue weighted by Crippen LogP contribution is -2.23. The van der Waals surface area contributed by atoms with Crippen molar-refractivity contribution in [2.75, 3.05) is 19.8 Å². The summed E-state index contributed by atoms with van der Waals surface area (Å²) in [6.45, 7) is 2.36. The Labute approximate surface area is 116 Å². The number of aliphatic hydroxyl groups excluding tert-OH is 2. The Morgan fingerprint density at radius 2 is 2.00 bits per heavy atom. The number of halogens is 2. The summed E-state index contributed by atoms with van der Waals surface area (Å²) in [6.07, 6.45) is -0.747. The number of hydrogen-bond donors (Lipinski definition) is 2. The fourth-order valence-electron chi connectivity index (χ4n) is 1.37. The fraction of sp³-hybridized carbons (Fsp3) is 0.500. The summed E-state index contributed by atoms with van der Waals surface area (Å²) in [5, 5.41) is 19.5. The van der Waals surface area contributed by atoms with Gasteiger partial charge in [0.05, 0.1) is 18.2 Å². The molecule has 0 aliphatic carbocycles. The first-order valence-electron chi connectivity index (χ1n) is 5.55. The number of rotatable bonds is 7. The minimum Gasteiger partial charge on any atom is -0.489 e. The number of benzene rings is 1. The van der Waals surface area contributed by atoms with E-state index in [0.717, 1.165) is 0 Å². The molecule has 0 aromatic heterocycles. The number of aliphatic hydroxyl groups is 2. The predicted molar refractivity (Wildman–Crippen MR) is 70.4 cm³/mol. The predicted octanol–water partition coefficient (Wildman–Crippen LogP) is 2.26. The van der Waals surface area contributed by atoms with E-state index in [4.69, 9.17) is 32.7 Å². The van der Waals surface area contributed by atoms with E-state index in [2.05, 4.69) is 0 Å². The van der Waals surface area contributed by atoms with Crippen molar-refractivity contribution in [3.63, 3.8) is 0 Å². The second-order valence-electron chi connectivity index (χ2n) is 3.66. The lowest BCUT2D eigenvalue weighted by Gasteiger charge is -2.15. The standard InChI is InChI=1S/C12H16Cl2O4/c1-2-17-6-10(16)7-18-12-8(5-15)3-9(13)4-11(12)14/h3-4,10,15-16H,2,5-7H2,1H3. The van der Waals surface area contributed by atoms with Crippen LogP contribution in [0.1, 0.15) is 12.5 Å². The van der Waals surface area contributed by atoms with Gasteiger partial charge in [-0.15, -0.1) is 0 Å². The van der Waals surface area contributed by atoms with Gasteiger partial charge in [-0.25, -0.2) is 0 Å². The van der Waals surface area contributed by atoms with E-state index in [1.54, 1.807) is 6.07 Å². The van der Waals surface area contributed by atoms with Gasteiger partial charge in [0.15, 0.2) is 0 Å². The van der Waals surface area contributed by atoms with E-state index in [0.29, 0.717) is 28.0 Å². The second-order valence-corrected chi connectivity index (χ2v) is 4.50. The second kappa shape index (κ2) is 7.81. The zero-order valence-corrected chi connectivity index (χ0v) is 11.5. The highest BCUT2D eigenvalue weighted by Gasteiger charge is 2.12. The third-order valence-electron chi connectivity index (χ3n) is 2.19. The molecule has 18 heavy (non-hydrogen) atoms. The summed E-state index contributed by atoms with van der Waals surface area (Å²) >= 11 is 11.8. The maximum atomic E-state index is 9.57. The van der Waals surface area contributed by atoms with E-state index in [-0.39, 0.29) is 19.8 Å². The molecule has 6 heteroatoms. The highest BCUT2D eigenvalue weighted by atomic mass is 35.5. The van der Waals surface area contributed by atoms with Crippen molar-refractivity contribution in [1.82, 2.24) is 0 Å². The summed E-state index contributed by atoms with van der Waals surface area (Å²) in [7, 11) is 0. The van der Waals surface area contributed by atoms with Crippen LogP contribution in [0.25, 0.3) is 0 Å². The Balaban J connectivity index is 2.66. The van der Waals surface area contributed by atoms with Gasteiger partial charge >= 0.3 is 0 Å². The average molecular weight is 295 g/mol. The van der Waals surface area contributed by atoms with Gasteiger partial charge in [0.25, 0.3) is 0 Å². The molecule has 0 saturated carbocycles. The molecule has 4 nitrogen and oxygen atoms in total. The van der Waals surface area contributed by atoms with Crippen LogP contribution in [0.3, 0.4) is 0 Å². The van der Waals surface area contributed by atoms with Crippen molar-refractivity contribution in [3.8, 4) is 5.75 Å². The van der Waals surface area contributed by atoms with Gasteiger partial charge in [0.1, 0.15) is 18.5 Å². The Hall–Kier alpha value is -0.520. The molecule has 0 heterocycles. The Bertz CT molecular complexity index is 385. The highest BCUT2D eigenvalue weighted by Crippen LogP contribution is 2.32. The van der Waals surface area contributed by atoms with Gasteiger partial charge in [0.2, 0.25) is 0 Å². The lowest BCUT2D eigenvalue weighted by molar-refractivity contribution is 0.0160. The van der Waals surface area contributed by atoms with Crippen LogP contribution in [0.4, 0.5) is 0 Å². The molecule has 2 N–H and O–H groups in total. The zero-order chi connectivity index (χ0) is 13.5. The molecule has 0 aliphatic rings. The Morgan fingerprint density at radius 3 is 2.61 bits per heavy atom. The van der Waals surface area contributed by atoms with Crippen LogP contribution in [0.15, 0.2) is 12.1 Å². The van der Waals surface area contributed by atoms with Crippen molar-refractivity contribution < 1.29 is 19.7 Å². The molecule has 1 atom stereocenters. The maximum absolute atomic E-state index is 9.57. The molecule has 0 amide bonds. The van der Waals surface area contributed by atoms with Gasteiger partial charge in [-0.05, 0) is 19.1 Å². The van der Waals surface area contributed by atoms with Crippen LogP contribution < -0.4 is 4.74 Å². The van der Waals surface area contributed by atoms with Gasteiger partial charge in [-0.3, -0.25) is 0 Å². The molecule has 1 aromatic carbocycles. The monoisotopic (exact) mass is 294 g/mol. The van der Waals surface area contributed by atoms with Gasteiger partial charge in [-0.1, -0.05) is 23.2 Å². The van der Waals surface area contributed by atoms with E-state index in [1.165, 1.54) is 6.07 Å². The molecule has 0 saturated heterocycles. The quantitative estimate of drug-likeness (QED) is 0.810. The molecule has 0 radical (unpaired) electrons. The normalized spacial score (nSPS) is 12.5. The maximum Gasteiger partial charge on any atom is 0.143 e. The van der Waals surface area contributed by atoms with Crippen molar-refractivity contribution >= 4 is 23.2 Å². The van der Waals surface area contributed by atoms with Crippen LogP contribution in [-0.4, -0.2) is 36.1 Å². The minimum atomic E-state index is -0.747. The molecule has 102 valence electrons. The molecule has 0 aliphatic heterocycles. The van der Waals surface area contributed by atoms with E-state index >= 15 is 0 Å². The van der Waals surface area contributed by atoms with Crippen molar-refractivity contribution in [1.29, 1.82) is 0 Å². The molecular formula is C12H16Cl2O4. The van der Waals surface area contributed by atoms with Crippen LogP contribution in [0.5, 0.6) is 5.75 Å². The molecular weight excluding hydrogens is 279 g/mol. The number of ether oxygens (including phenoxy) is 2. The summed E-state index contributed by atoms with van der Waals surface area (Å²) in [6, 6.07) is 3.09. The lowest BCUT2D eigenvalue weighted by atomic mass is 10.2. The van der Waals surface area contributed by atoms with Crippen molar-refractivity contribution in [2.45, 2.75) is 19.6 Å². The first-order chi connectivity index (χ1) is 8.58. The Morgan fingerprint density at radius 1 is 1.28 bits per heavy atom. The molecule has 0 bridgehead atoms. The summed E-state index contributed by atoms with van der Waals surface area (Å²) in [4.78, 5) is 0. The van der Waals surface area contributed by atoms with E-state index < -0.39 is 6.10 Å². The van der Waals surface area contributed by atoms with Gasteiger partial charge < -0.3 is 19.7 Å². The highest BCUT2D eigenvalue weighted by molar-refractivity contribution is 6.35. The summed E-state index contributed by atoms with van der Waals surface area (Å²) in [5.74, 6) is 0.333. The topological polar surface area (TPSA) is 58.9 Å². The molecule has 1 aromatic rings. The van der Waals surface area contributed by atoms with E-state index in [1.807, 2.05) is 6.92 Å². The number of hydrogen-bond acceptors (Lipinski definition) is 4.